The van der Waals surface area contributed by atoms with Crippen molar-refractivity contribution in [2.75, 3.05) is 5.43 Å². The molecule has 3 aromatic rings. The first-order valence-electron chi connectivity index (χ1n) is 6.26. The van der Waals surface area contributed by atoms with Crippen molar-refractivity contribution in [3.05, 3.63) is 57.1 Å². The number of fused-ring (bicyclic) bond motifs is 1. The molecule has 0 bridgehead atoms. The van der Waals surface area contributed by atoms with Crippen molar-refractivity contribution in [1.29, 1.82) is 0 Å². The average Bonchev–Trinajstić information content (AvgIpc) is 2.80. The number of rotatable bonds is 3. The molecule has 21 heavy (non-hydrogen) atoms. The van der Waals surface area contributed by atoms with E-state index in [1.807, 2.05) is 31.2 Å². The lowest BCUT2D eigenvalue weighted by molar-refractivity contribution is 0.987. The van der Waals surface area contributed by atoms with Gasteiger partial charge in [0.1, 0.15) is 10.7 Å². The van der Waals surface area contributed by atoms with Crippen molar-refractivity contribution >= 4 is 34.4 Å². The Balaban J connectivity index is 1.90. The Hall–Kier alpha value is -2.60. The molecule has 0 unspecified atom stereocenters. The van der Waals surface area contributed by atoms with Gasteiger partial charge in [0.15, 0.2) is 0 Å². The van der Waals surface area contributed by atoms with E-state index < -0.39 is 5.56 Å². The van der Waals surface area contributed by atoms with Crippen LogP contribution in [-0.4, -0.2) is 21.4 Å². The van der Waals surface area contributed by atoms with Crippen LogP contribution in [0.25, 0.3) is 10.9 Å². The number of hydrazone groups is 1. The molecule has 0 fully saturated rings. The normalized spacial score (nSPS) is 11.3. The molecular weight excluding hydrogens is 290 g/mol. The number of para-hydroxylation sites is 1. The van der Waals surface area contributed by atoms with E-state index in [2.05, 4.69) is 25.7 Å². The number of aromatic amines is 2. The van der Waals surface area contributed by atoms with Crippen LogP contribution < -0.4 is 11.0 Å². The fourth-order valence-electron chi connectivity index (χ4n) is 2.09. The second kappa shape index (κ2) is 5.41. The van der Waals surface area contributed by atoms with E-state index >= 15 is 0 Å². The standard InChI is InChI=1S/C14H12ClN5O/c1-8-10(9-4-2-3-5-11(9)18-8)6-16-19-12-7-17-20-14(21)13(12)15/h2-7,18H,1H3,(H2,19,20,21)/b16-6+. The second-order valence-electron chi connectivity index (χ2n) is 4.51. The first-order valence-corrected chi connectivity index (χ1v) is 6.64. The van der Waals surface area contributed by atoms with E-state index in [9.17, 15) is 4.79 Å². The zero-order valence-electron chi connectivity index (χ0n) is 11.1. The van der Waals surface area contributed by atoms with Gasteiger partial charge in [0, 0.05) is 22.2 Å². The summed E-state index contributed by atoms with van der Waals surface area (Å²) in [5, 5.41) is 11.1. The molecule has 0 radical (unpaired) electrons. The van der Waals surface area contributed by atoms with Crippen molar-refractivity contribution in [3.8, 4) is 0 Å². The Morgan fingerprint density at radius 3 is 3.05 bits per heavy atom. The molecule has 106 valence electrons. The molecule has 0 atom stereocenters. The van der Waals surface area contributed by atoms with Crippen LogP contribution in [0.2, 0.25) is 5.02 Å². The van der Waals surface area contributed by atoms with Gasteiger partial charge in [0.05, 0.1) is 12.4 Å². The minimum absolute atomic E-state index is 0.0257. The molecule has 0 aliphatic heterocycles. The second-order valence-corrected chi connectivity index (χ2v) is 4.88. The van der Waals surface area contributed by atoms with E-state index in [1.165, 1.54) is 6.20 Å². The van der Waals surface area contributed by atoms with Gasteiger partial charge in [-0.25, -0.2) is 5.10 Å². The maximum absolute atomic E-state index is 11.3. The summed E-state index contributed by atoms with van der Waals surface area (Å²) < 4.78 is 0. The minimum atomic E-state index is -0.458. The number of nitrogens with one attached hydrogen (secondary N) is 3. The maximum Gasteiger partial charge on any atom is 0.285 e. The zero-order chi connectivity index (χ0) is 14.8. The van der Waals surface area contributed by atoms with E-state index in [1.54, 1.807) is 6.21 Å². The van der Waals surface area contributed by atoms with Gasteiger partial charge in [-0.05, 0) is 13.0 Å². The highest BCUT2D eigenvalue weighted by Gasteiger charge is 2.06. The van der Waals surface area contributed by atoms with Crippen molar-refractivity contribution in [3.63, 3.8) is 0 Å². The third-order valence-electron chi connectivity index (χ3n) is 3.12. The summed E-state index contributed by atoms with van der Waals surface area (Å²) in [6.45, 7) is 1.98. The number of aryl methyl sites for hydroxylation is 1. The summed E-state index contributed by atoms with van der Waals surface area (Å²) in [7, 11) is 0. The molecule has 0 spiro atoms. The summed E-state index contributed by atoms with van der Waals surface area (Å²) in [6.07, 6.45) is 3.09. The van der Waals surface area contributed by atoms with E-state index in [-0.39, 0.29) is 5.02 Å². The van der Waals surface area contributed by atoms with Gasteiger partial charge < -0.3 is 4.98 Å². The van der Waals surface area contributed by atoms with Crippen LogP contribution in [-0.2, 0) is 0 Å². The molecule has 1 aromatic carbocycles. The number of hydrogen-bond acceptors (Lipinski definition) is 4. The highest BCUT2D eigenvalue weighted by atomic mass is 35.5. The first kappa shape index (κ1) is 13.4. The number of benzene rings is 1. The molecule has 0 saturated carbocycles. The number of aromatic nitrogens is 3. The summed E-state index contributed by atoms with van der Waals surface area (Å²) in [5.41, 5.74) is 5.66. The summed E-state index contributed by atoms with van der Waals surface area (Å²) in [5.74, 6) is 0. The smallest absolute Gasteiger partial charge is 0.285 e. The molecule has 0 saturated heterocycles. The van der Waals surface area contributed by atoms with Crippen molar-refractivity contribution in [2.24, 2.45) is 5.10 Å². The average molecular weight is 302 g/mol. The van der Waals surface area contributed by atoms with E-state index in [0.717, 1.165) is 22.2 Å². The third-order valence-corrected chi connectivity index (χ3v) is 3.49. The fraction of sp³-hybridized carbons (Fsp3) is 0.0714. The Labute approximate surface area is 124 Å². The van der Waals surface area contributed by atoms with Gasteiger partial charge in [-0.3, -0.25) is 10.2 Å². The first-order chi connectivity index (χ1) is 10.2. The van der Waals surface area contributed by atoms with E-state index in [0.29, 0.717) is 5.69 Å². The summed E-state index contributed by atoms with van der Waals surface area (Å²) in [4.78, 5) is 14.6. The van der Waals surface area contributed by atoms with Gasteiger partial charge in [-0.1, -0.05) is 29.8 Å². The Morgan fingerprint density at radius 1 is 1.38 bits per heavy atom. The number of halogens is 1. The molecule has 7 heteroatoms. The zero-order valence-corrected chi connectivity index (χ0v) is 11.9. The van der Waals surface area contributed by atoms with Crippen molar-refractivity contribution in [2.45, 2.75) is 6.92 Å². The molecule has 2 heterocycles. The number of hydrogen-bond donors (Lipinski definition) is 3. The van der Waals surface area contributed by atoms with Crippen molar-refractivity contribution < 1.29 is 0 Å². The van der Waals surface area contributed by atoms with Gasteiger partial charge >= 0.3 is 0 Å². The van der Waals surface area contributed by atoms with Crippen LogP contribution in [0.15, 0.2) is 40.4 Å². The molecule has 6 nitrogen and oxygen atoms in total. The monoisotopic (exact) mass is 301 g/mol. The molecule has 0 amide bonds. The van der Waals surface area contributed by atoms with Crippen LogP contribution in [0.1, 0.15) is 11.3 Å². The SMILES string of the molecule is Cc1[nH]c2ccccc2c1/C=N/Nc1cn[nH]c(=O)c1Cl. The lowest BCUT2D eigenvalue weighted by Gasteiger charge is -2.00. The third kappa shape index (κ3) is 2.53. The molecule has 3 N–H and O–H groups in total. The fourth-order valence-corrected chi connectivity index (χ4v) is 2.23. The van der Waals surface area contributed by atoms with Gasteiger partial charge in [0.25, 0.3) is 5.56 Å². The molecular formula is C14H12ClN5O. The molecule has 0 aliphatic carbocycles. The Kier molecular flexibility index (Phi) is 3.45. The number of nitrogens with zero attached hydrogens (tertiary/aromatic N) is 2. The van der Waals surface area contributed by atoms with Gasteiger partial charge in [0.2, 0.25) is 0 Å². The lowest BCUT2D eigenvalue weighted by Crippen LogP contribution is -2.10. The summed E-state index contributed by atoms with van der Waals surface area (Å²) in [6, 6.07) is 7.96. The highest BCUT2D eigenvalue weighted by Crippen LogP contribution is 2.20. The van der Waals surface area contributed by atoms with Gasteiger partial charge in [-0.2, -0.15) is 10.2 Å². The molecule has 3 rings (SSSR count). The number of anilines is 1. The van der Waals surface area contributed by atoms with Crippen molar-refractivity contribution in [1.82, 2.24) is 15.2 Å². The maximum atomic E-state index is 11.3. The lowest BCUT2D eigenvalue weighted by atomic mass is 10.1. The Morgan fingerprint density at radius 2 is 2.19 bits per heavy atom. The topological polar surface area (TPSA) is 85.9 Å². The Bertz CT molecular complexity index is 880. The molecule has 2 aromatic heterocycles. The predicted octanol–water partition coefficient (Wildman–Crippen LogP) is 2.66. The van der Waals surface area contributed by atoms with Crippen LogP contribution >= 0.6 is 11.6 Å². The largest absolute Gasteiger partial charge is 0.358 e. The molecule has 0 aliphatic rings. The minimum Gasteiger partial charge on any atom is -0.358 e. The highest BCUT2D eigenvalue weighted by molar-refractivity contribution is 6.32. The number of H-pyrrole nitrogens is 2. The quantitative estimate of drug-likeness (QED) is 0.513. The van der Waals surface area contributed by atoms with Gasteiger partial charge in [-0.15, -0.1) is 0 Å². The summed E-state index contributed by atoms with van der Waals surface area (Å²) >= 11 is 5.85. The van der Waals surface area contributed by atoms with Crippen LogP contribution in [0.4, 0.5) is 5.69 Å². The van der Waals surface area contributed by atoms with E-state index in [4.69, 9.17) is 11.6 Å². The van der Waals surface area contributed by atoms with Crippen LogP contribution in [0.5, 0.6) is 0 Å². The van der Waals surface area contributed by atoms with Crippen LogP contribution in [0.3, 0.4) is 0 Å². The van der Waals surface area contributed by atoms with Crippen LogP contribution in [0, 0.1) is 6.92 Å². The predicted molar refractivity (Wildman–Crippen MR) is 84.1 cm³/mol.